The van der Waals surface area contributed by atoms with Gasteiger partial charge in [0, 0.05) is 0 Å². The number of halogens is 5. The summed E-state index contributed by atoms with van der Waals surface area (Å²) in [7, 11) is -0.862. The van der Waals surface area contributed by atoms with Crippen LogP contribution in [0.3, 0.4) is 0 Å². The molecule has 0 saturated carbocycles. The van der Waals surface area contributed by atoms with Gasteiger partial charge in [-0.05, 0) is 63.2 Å². The summed E-state index contributed by atoms with van der Waals surface area (Å²) in [5.74, 6) is -14.0. The van der Waals surface area contributed by atoms with Crippen molar-refractivity contribution in [3.05, 3.63) is 114 Å². The Morgan fingerprint density at radius 3 is 1.51 bits per heavy atom. The number of esters is 1. The first-order chi connectivity index (χ1) is 16.9. The maximum absolute atomic E-state index is 13.7. The van der Waals surface area contributed by atoms with E-state index in [4.69, 9.17) is 4.74 Å². The second-order valence-corrected chi connectivity index (χ2v) is 9.38. The number of thiol groups is 1. The van der Waals surface area contributed by atoms with Crippen LogP contribution in [0.15, 0.2) is 99.6 Å². The Hall–Kier alpha value is -3.85. The molecule has 4 aromatic carbocycles. The lowest BCUT2D eigenvalue weighted by atomic mass is 10.2. The molecule has 9 heteroatoms. The minimum atomic E-state index is -2.35. The average molecular weight is 504 g/mol. The van der Waals surface area contributed by atoms with Gasteiger partial charge in [-0.1, -0.05) is 36.4 Å². The fourth-order valence-electron chi connectivity index (χ4n) is 3.25. The van der Waals surface area contributed by atoms with E-state index in [-0.39, 0.29) is 5.75 Å². The van der Waals surface area contributed by atoms with Crippen molar-refractivity contribution in [2.24, 2.45) is 0 Å². The second kappa shape index (κ2) is 10.6. The van der Waals surface area contributed by atoms with Gasteiger partial charge in [0.2, 0.25) is 34.8 Å². The Kier molecular flexibility index (Phi) is 7.36. The first-order valence-corrected chi connectivity index (χ1v) is 11.6. The van der Waals surface area contributed by atoms with Gasteiger partial charge in [0.1, 0.15) is 5.75 Å². The molecule has 0 fully saturated rings. The summed E-state index contributed by atoms with van der Waals surface area (Å²) >= 11 is 0. The zero-order valence-electron chi connectivity index (χ0n) is 17.9. The third kappa shape index (κ3) is 5.30. The minimum Gasteiger partial charge on any atom is -0.482 e. The van der Waals surface area contributed by atoms with Gasteiger partial charge in [0.05, 0.1) is 0 Å². The van der Waals surface area contributed by atoms with Crippen LogP contribution in [-0.2, 0) is 4.79 Å². The van der Waals surface area contributed by atoms with Gasteiger partial charge >= 0.3 is 5.97 Å². The molecule has 4 rings (SSSR count). The summed E-state index contributed by atoms with van der Waals surface area (Å²) in [5.41, 5.74) is 0. The molecule has 0 spiro atoms. The number of hydrogen-bond acceptors (Lipinski definition) is 3. The molecule has 0 heterocycles. The second-order valence-electron chi connectivity index (χ2n) is 7.16. The SMILES string of the molecule is O=C(COc1ccc([SH](c2ccccc2)c2ccccc2)cc1)Oc1c(F)c(F)c(F)c(F)c1F. The summed E-state index contributed by atoms with van der Waals surface area (Å²) in [6, 6.07) is 26.8. The van der Waals surface area contributed by atoms with Crippen molar-refractivity contribution in [1.29, 1.82) is 0 Å². The van der Waals surface area contributed by atoms with Gasteiger partial charge in [-0.3, -0.25) is 0 Å². The van der Waals surface area contributed by atoms with Crippen molar-refractivity contribution in [3.63, 3.8) is 0 Å². The lowest BCUT2D eigenvalue weighted by Crippen LogP contribution is -2.20. The number of hydrogen-bond donors (Lipinski definition) is 1. The van der Waals surface area contributed by atoms with Gasteiger partial charge in [0.25, 0.3) is 0 Å². The Morgan fingerprint density at radius 2 is 1.03 bits per heavy atom. The number of carbonyl (C=O) groups is 1. The molecule has 0 bridgehead atoms. The first kappa shape index (κ1) is 24.3. The standard InChI is InChI=1S/C26H17F5O3S/c27-21-22(28)24(30)26(25(31)23(21)29)34-20(32)15-33-16-11-13-19(14-12-16)35(17-7-3-1-4-8-17)18-9-5-2-6-10-18/h1-14,35H,15H2. The van der Waals surface area contributed by atoms with Crippen LogP contribution in [0.4, 0.5) is 22.0 Å². The van der Waals surface area contributed by atoms with Crippen LogP contribution in [0, 0.1) is 29.1 Å². The van der Waals surface area contributed by atoms with E-state index in [1.807, 2.05) is 72.8 Å². The van der Waals surface area contributed by atoms with Crippen molar-refractivity contribution >= 4 is 16.9 Å². The van der Waals surface area contributed by atoms with Gasteiger partial charge in [0.15, 0.2) is 6.61 Å². The predicted molar refractivity (Wildman–Crippen MR) is 120 cm³/mol. The summed E-state index contributed by atoms with van der Waals surface area (Å²) < 4.78 is 76.6. The van der Waals surface area contributed by atoms with Crippen LogP contribution >= 0.6 is 10.9 Å². The summed E-state index contributed by atoms with van der Waals surface area (Å²) in [4.78, 5) is 15.2. The molecule has 0 aliphatic rings. The van der Waals surface area contributed by atoms with E-state index in [0.717, 1.165) is 14.7 Å². The summed E-state index contributed by atoms with van der Waals surface area (Å²) in [6.07, 6.45) is 0. The average Bonchev–Trinajstić information content (AvgIpc) is 2.90. The molecule has 3 nitrogen and oxygen atoms in total. The van der Waals surface area contributed by atoms with E-state index < -0.39 is 58.3 Å². The molecule has 4 aromatic rings. The van der Waals surface area contributed by atoms with E-state index in [2.05, 4.69) is 4.74 Å². The first-order valence-electron chi connectivity index (χ1n) is 10.2. The number of benzene rings is 4. The van der Waals surface area contributed by atoms with Crippen LogP contribution in [0.25, 0.3) is 0 Å². The molecule has 0 aliphatic heterocycles. The van der Waals surface area contributed by atoms with Crippen molar-refractivity contribution in [2.45, 2.75) is 14.7 Å². The highest BCUT2D eigenvalue weighted by molar-refractivity contribution is 8.17. The Balaban J connectivity index is 1.48. The Bertz CT molecular complexity index is 1260. The highest BCUT2D eigenvalue weighted by Crippen LogP contribution is 2.51. The molecule has 0 N–H and O–H groups in total. The van der Waals surface area contributed by atoms with Crippen molar-refractivity contribution in [1.82, 2.24) is 0 Å². The monoisotopic (exact) mass is 504 g/mol. The Labute approximate surface area is 200 Å². The van der Waals surface area contributed by atoms with E-state index in [1.165, 1.54) is 0 Å². The van der Waals surface area contributed by atoms with Crippen molar-refractivity contribution < 1.29 is 36.2 Å². The fraction of sp³-hybridized carbons (Fsp3) is 0.0385. The molecular formula is C26H17F5O3S. The molecule has 0 saturated heterocycles. The van der Waals surface area contributed by atoms with Crippen molar-refractivity contribution in [3.8, 4) is 11.5 Å². The predicted octanol–water partition coefficient (Wildman–Crippen LogP) is 6.84. The molecule has 180 valence electrons. The molecule has 0 aromatic heterocycles. The largest absolute Gasteiger partial charge is 0.482 e. The number of rotatable bonds is 7. The summed E-state index contributed by atoms with van der Waals surface area (Å²) in [5, 5.41) is 0. The van der Waals surface area contributed by atoms with E-state index >= 15 is 0 Å². The number of carbonyl (C=O) groups excluding carboxylic acids is 1. The lowest BCUT2D eigenvalue weighted by molar-refractivity contribution is -0.137. The Morgan fingerprint density at radius 1 is 0.600 bits per heavy atom. The topological polar surface area (TPSA) is 35.5 Å². The molecule has 0 amide bonds. The highest BCUT2D eigenvalue weighted by atomic mass is 32.2. The zero-order valence-corrected chi connectivity index (χ0v) is 18.7. The molecule has 0 unspecified atom stereocenters. The van der Waals surface area contributed by atoms with Crippen LogP contribution < -0.4 is 9.47 Å². The lowest BCUT2D eigenvalue weighted by Gasteiger charge is -2.23. The molecule has 0 aliphatic carbocycles. The van der Waals surface area contributed by atoms with Gasteiger partial charge in [-0.25, -0.2) is 18.0 Å². The van der Waals surface area contributed by atoms with Crippen LogP contribution in [0.1, 0.15) is 0 Å². The van der Waals surface area contributed by atoms with Gasteiger partial charge in [-0.2, -0.15) is 19.7 Å². The highest BCUT2D eigenvalue weighted by Gasteiger charge is 2.28. The molecular weight excluding hydrogens is 487 g/mol. The van der Waals surface area contributed by atoms with E-state index in [1.54, 1.807) is 12.1 Å². The smallest absolute Gasteiger partial charge is 0.349 e. The quantitative estimate of drug-likeness (QED) is 0.0747. The van der Waals surface area contributed by atoms with Crippen LogP contribution in [0.5, 0.6) is 11.5 Å². The third-order valence-corrected chi connectivity index (χ3v) is 7.31. The number of ether oxygens (including phenoxy) is 2. The van der Waals surface area contributed by atoms with Gasteiger partial charge in [-0.15, -0.1) is 0 Å². The van der Waals surface area contributed by atoms with Crippen molar-refractivity contribution in [2.75, 3.05) is 6.61 Å². The fourth-order valence-corrected chi connectivity index (χ4v) is 5.53. The minimum absolute atomic E-state index is 0.249. The summed E-state index contributed by atoms with van der Waals surface area (Å²) in [6.45, 7) is -0.815. The molecule has 35 heavy (non-hydrogen) atoms. The molecule has 0 atom stereocenters. The van der Waals surface area contributed by atoms with E-state index in [0.29, 0.717) is 0 Å². The molecule has 0 radical (unpaired) electrons. The van der Waals surface area contributed by atoms with Gasteiger partial charge < -0.3 is 9.47 Å². The maximum atomic E-state index is 13.7. The normalized spacial score (nSPS) is 11.2. The van der Waals surface area contributed by atoms with Crippen LogP contribution in [-0.4, -0.2) is 12.6 Å². The zero-order chi connectivity index (χ0) is 24.9. The maximum Gasteiger partial charge on any atom is 0.349 e. The van der Waals surface area contributed by atoms with Crippen LogP contribution in [0.2, 0.25) is 0 Å². The third-order valence-electron chi connectivity index (χ3n) is 4.87. The van der Waals surface area contributed by atoms with E-state index in [9.17, 15) is 26.7 Å².